The summed E-state index contributed by atoms with van der Waals surface area (Å²) in [6.07, 6.45) is -0.428. The van der Waals surface area contributed by atoms with Crippen molar-refractivity contribution in [1.82, 2.24) is 0 Å². The molecule has 0 heterocycles. The van der Waals surface area contributed by atoms with E-state index in [0.717, 1.165) is 5.56 Å². The molecule has 0 aliphatic heterocycles. The Morgan fingerprint density at radius 2 is 1.50 bits per heavy atom. The van der Waals surface area contributed by atoms with Gasteiger partial charge in [-0.1, -0.05) is 42.5 Å². The quantitative estimate of drug-likeness (QED) is 0.652. The number of esters is 1. The van der Waals surface area contributed by atoms with Crippen molar-refractivity contribution in [3.8, 4) is 5.75 Å². The maximum absolute atomic E-state index is 12.2. The molecule has 0 fully saturated rings. The first kappa shape index (κ1) is 17.3. The van der Waals surface area contributed by atoms with Gasteiger partial charge in [-0.15, -0.1) is 0 Å². The number of carboxylic acids is 1. The molecule has 0 amide bonds. The molecule has 0 aliphatic rings. The Hall–Kier alpha value is -3.08. The summed E-state index contributed by atoms with van der Waals surface area (Å²) >= 11 is 0. The molecule has 0 aliphatic carbocycles. The third-order valence-electron chi connectivity index (χ3n) is 3.50. The van der Waals surface area contributed by atoms with Crippen molar-refractivity contribution in [1.29, 1.82) is 0 Å². The summed E-state index contributed by atoms with van der Waals surface area (Å²) in [5.74, 6) is -1.09. The van der Waals surface area contributed by atoms with Crippen LogP contribution in [0.3, 0.4) is 0 Å². The van der Waals surface area contributed by atoms with E-state index in [9.17, 15) is 14.7 Å². The van der Waals surface area contributed by atoms with Crippen molar-refractivity contribution in [2.45, 2.75) is 6.42 Å². The Bertz CT molecular complexity index is 745. The summed E-state index contributed by atoms with van der Waals surface area (Å²) in [5, 5.41) is 9.19. The number of hydrogen-bond donors (Lipinski definition) is 1. The van der Waals surface area contributed by atoms with Crippen LogP contribution >= 0.6 is 0 Å². The van der Waals surface area contributed by atoms with Gasteiger partial charge in [0, 0.05) is 0 Å². The van der Waals surface area contributed by atoms with Gasteiger partial charge in [0.1, 0.15) is 5.75 Å². The normalized spacial score (nSPS) is 11.4. The van der Waals surface area contributed by atoms with E-state index < -0.39 is 18.4 Å². The second kappa shape index (κ2) is 7.97. The van der Waals surface area contributed by atoms with Crippen molar-refractivity contribution in [3.05, 3.63) is 71.3 Å². The van der Waals surface area contributed by atoms with E-state index in [1.54, 1.807) is 31.4 Å². The highest BCUT2D eigenvalue weighted by atomic mass is 16.5. The Balaban J connectivity index is 2.69. The topological polar surface area (TPSA) is 72.8 Å². The molecule has 0 spiro atoms. The number of benzene rings is 2. The van der Waals surface area contributed by atoms with Crippen LogP contribution in [0.2, 0.25) is 0 Å². The van der Waals surface area contributed by atoms with Crippen LogP contribution in [0.1, 0.15) is 17.5 Å². The third-order valence-corrected chi connectivity index (χ3v) is 3.50. The van der Waals surface area contributed by atoms with Gasteiger partial charge in [0.2, 0.25) is 0 Å². The lowest BCUT2D eigenvalue weighted by Gasteiger charge is -2.14. The highest BCUT2D eigenvalue weighted by molar-refractivity contribution is 6.04. The van der Waals surface area contributed by atoms with Gasteiger partial charge in [-0.25, -0.2) is 4.79 Å². The largest absolute Gasteiger partial charge is 0.497 e. The molecule has 0 aromatic heterocycles. The number of carbonyl (C=O) groups excluding carboxylic acids is 1. The fourth-order valence-electron chi connectivity index (χ4n) is 2.41. The van der Waals surface area contributed by atoms with Crippen molar-refractivity contribution >= 4 is 17.5 Å². The Kier molecular flexibility index (Phi) is 5.73. The minimum Gasteiger partial charge on any atom is -0.497 e. The molecule has 5 heteroatoms. The van der Waals surface area contributed by atoms with E-state index in [1.165, 1.54) is 7.11 Å². The van der Waals surface area contributed by atoms with E-state index >= 15 is 0 Å². The standard InChI is InChI=1S/C19H18O5/c1-23-15-10-8-14(9-11-15)18(13-6-4-3-5-7-13)16(12-17(20)21)19(22)24-2/h3-11H,12H2,1-2H3,(H,20,21)/b18-16+. The molecule has 0 bridgehead atoms. The Morgan fingerprint density at radius 1 is 0.917 bits per heavy atom. The van der Waals surface area contributed by atoms with Crippen molar-refractivity contribution < 1.29 is 24.2 Å². The fraction of sp³-hybridized carbons (Fsp3) is 0.158. The van der Waals surface area contributed by atoms with Crippen LogP contribution in [0.15, 0.2) is 60.2 Å². The maximum atomic E-state index is 12.2. The number of carbonyl (C=O) groups is 2. The molecular weight excluding hydrogens is 308 g/mol. The molecule has 0 saturated heterocycles. The minimum atomic E-state index is -1.10. The summed E-state index contributed by atoms with van der Waals surface area (Å²) in [7, 11) is 2.80. The summed E-state index contributed by atoms with van der Waals surface area (Å²) in [4.78, 5) is 23.4. The molecule has 5 nitrogen and oxygen atoms in total. The summed E-state index contributed by atoms with van der Waals surface area (Å²) in [6, 6.07) is 16.2. The zero-order valence-corrected chi connectivity index (χ0v) is 13.5. The number of ether oxygens (including phenoxy) is 2. The van der Waals surface area contributed by atoms with Crippen LogP contribution in [-0.2, 0) is 14.3 Å². The lowest BCUT2D eigenvalue weighted by atomic mass is 9.91. The second-order valence-corrected chi connectivity index (χ2v) is 5.01. The highest BCUT2D eigenvalue weighted by Gasteiger charge is 2.21. The molecule has 24 heavy (non-hydrogen) atoms. The van der Waals surface area contributed by atoms with Gasteiger partial charge in [0.25, 0.3) is 0 Å². The van der Waals surface area contributed by atoms with Crippen LogP contribution in [0.25, 0.3) is 5.57 Å². The van der Waals surface area contributed by atoms with Crippen molar-refractivity contribution in [2.75, 3.05) is 14.2 Å². The molecule has 124 valence electrons. The van der Waals surface area contributed by atoms with Gasteiger partial charge in [-0.3, -0.25) is 4.79 Å². The first-order valence-corrected chi connectivity index (χ1v) is 7.30. The van der Waals surface area contributed by atoms with Gasteiger partial charge in [0.05, 0.1) is 26.2 Å². The van der Waals surface area contributed by atoms with Gasteiger partial charge in [0.15, 0.2) is 0 Å². The third kappa shape index (κ3) is 4.01. The molecule has 2 aromatic carbocycles. The zero-order valence-electron chi connectivity index (χ0n) is 13.5. The fourth-order valence-corrected chi connectivity index (χ4v) is 2.41. The molecule has 1 N–H and O–H groups in total. The first-order valence-electron chi connectivity index (χ1n) is 7.30. The molecule has 0 atom stereocenters. The predicted octanol–water partition coefficient (Wildman–Crippen LogP) is 3.14. The van der Waals surface area contributed by atoms with Crippen LogP contribution in [-0.4, -0.2) is 31.3 Å². The van der Waals surface area contributed by atoms with E-state index in [0.29, 0.717) is 16.9 Å². The first-order chi connectivity index (χ1) is 11.6. The van der Waals surface area contributed by atoms with Gasteiger partial charge >= 0.3 is 11.9 Å². The van der Waals surface area contributed by atoms with E-state index in [-0.39, 0.29) is 5.57 Å². The van der Waals surface area contributed by atoms with E-state index in [4.69, 9.17) is 9.47 Å². The van der Waals surface area contributed by atoms with E-state index in [2.05, 4.69) is 0 Å². The maximum Gasteiger partial charge on any atom is 0.334 e. The summed E-state index contributed by atoms with van der Waals surface area (Å²) < 4.78 is 9.94. The van der Waals surface area contributed by atoms with Crippen LogP contribution in [0.4, 0.5) is 0 Å². The van der Waals surface area contributed by atoms with Crippen molar-refractivity contribution in [2.24, 2.45) is 0 Å². The van der Waals surface area contributed by atoms with E-state index in [1.807, 2.05) is 30.3 Å². The molecular formula is C19H18O5. The Morgan fingerprint density at radius 3 is 2.00 bits per heavy atom. The summed E-state index contributed by atoms with van der Waals surface area (Å²) in [6.45, 7) is 0. The number of aliphatic carboxylic acids is 1. The zero-order chi connectivity index (χ0) is 17.5. The highest BCUT2D eigenvalue weighted by Crippen LogP contribution is 2.30. The number of rotatable bonds is 6. The average Bonchev–Trinajstić information content (AvgIpc) is 2.61. The van der Waals surface area contributed by atoms with Crippen LogP contribution < -0.4 is 4.74 Å². The SMILES string of the molecule is COC(=O)/C(CC(=O)O)=C(\c1ccccc1)c1ccc(OC)cc1. The number of hydrogen-bond acceptors (Lipinski definition) is 4. The van der Waals surface area contributed by atoms with Gasteiger partial charge in [-0.2, -0.15) is 0 Å². The second-order valence-electron chi connectivity index (χ2n) is 5.01. The van der Waals surface area contributed by atoms with Gasteiger partial charge in [-0.05, 0) is 28.8 Å². The number of carboxylic acid groups (broad SMARTS) is 1. The average molecular weight is 326 g/mol. The molecule has 2 aromatic rings. The monoisotopic (exact) mass is 326 g/mol. The minimum absolute atomic E-state index is 0.0985. The lowest BCUT2D eigenvalue weighted by Crippen LogP contribution is -2.12. The van der Waals surface area contributed by atoms with Crippen molar-refractivity contribution in [3.63, 3.8) is 0 Å². The lowest BCUT2D eigenvalue weighted by molar-refractivity contribution is -0.141. The number of methoxy groups -OCH3 is 2. The predicted molar refractivity (Wildman–Crippen MR) is 89.7 cm³/mol. The molecule has 0 unspecified atom stereocenters. The van der Waals surface area contributed by atoms with Crippen LogP contribution in [0.5, 0.6) is 5.75 Å². The molecule has 2 rings (SSSR count). The summed E-state index contributed by atoms with van der Waals surface area (Å²) in [5.41, 5.74) is 2.09. The molecule has 0 radical (unpaired) electrons. The Labute approximate surface area is 140 Å². The smallest absolute Gasteiger partial charge is 0.334 e. The van der Waals surface area contributed by atoms with Gasteiger partial charge < -0.3 is 14.6 Å². The van der Waals surface area contributed by atoms with Crippen LogP contribution in [0, 0.1) is 0 Å². The molecule has 0 saturated carbocycles.